The Morgan fingerprint density at radius 2 is 2.22 bits per heavy atom. The molecule has 3 N–H and O–H groups in total. The Labute approximate surface area is 108 Å². The van der Waals surface area contributed by atoms with Crippen molar-refractivity contribution in [2.24, 2.45) is 5.73 Å². The maximum absolute atomic E-state index is 10.8. The van der Waals surface area contributed by atoms with Crippen LogP contribution >= 0.6 is 11.3 Å². The Bertz CT molecular complexity index is 551. The van der Waals surface area contributed by atoms with Gasteiger partial charge in [0, 0.05) is 11.1 Å². The summed E-state index contributed by atoms with van der Waals surface area (Å²) < 4.78 is 0. The molecule has 0 bridgehead atoms. The first kappa shape index (κ1) is 12.4. The second kappa shape index (κ2) is 5.09. The highest BCUT2D eigenvalue weighted by Gasteiger charge is 2.10. The number of primary amides is 1. The van der Waals surface area contributed by atoms with Crippen LogP contribution in [0.1, 0.15) is 34.2 Å². The number of carbonyl (C=O) groups excluding carboxylic acids is 1. The summed E-state index contributed by atoms with van der Waals surface area (Å²) in [5, 5.41) is 13.7. The van der Waals surface area contributed by atoms with Crippen molar-refractivity contribution in [1.82, 2.24) is 15.2 Å². The number of nitrogens with one attached hydrogen (secondary N) is 1. The standard InChI is InChI=1S/C11H13N5OS/c1-6-5-18-11(13-6)7(2)14-9-4-3-8(10(12)17)15-16-9/h3-5,7H,1-2H3,(H2,12,17)(H,14,16). The molecule has 0 spiro atoms. The van der Waals surface area contributed by atoms with E-state index in [1.54, 1.807) is 17.4 Å². The molecule has 2 rings (SSSR count). The lowest BCUT2D eigenvalue weighted by Crippen LogP contribution is -2.15. The molecule has 0 fully saturated rings. The second-order valence-electron chi connectivity index (χ2n) is 3.86. The Hall–Kier alpha value is -2.02. The molecule has 2 heterocycles. The smallest absolute Gasteiger partial charge is 0.269 e. The van der Waals surface area contributed by atoms with Crippen LogP contribution < -0.4 is 11.1 Å². The Kier molecular flexibility index (Phi) is 3.52. The maximum atomic E-state index is 10.8. The highest BCUT2D eigenvalue weighted by Crippen LogP contribution is 2.20. The fourth-order valence-electron chi connectivity index (χ4n) is 1.40. The molecule has 18 heavy (non-hydrogen) atoms. The van der Waals surface area contributed by atoms with Crippen molar-refractivity contribution in [2.75, 3.05) is 5.32 Å². The topological polar surface area (TPSA) is 93.8 Å². The molecule has 1 amide bonds. The van der Waals surface area contributed by atoms with Gasteiger partial charge in [-0.2, -0.15) is 0 Å². The number of amides is 1. The van der Waals surface area contributed by atoms with Gasteiger partial charge in [-0.25, -0.2) is 4.98 Å². The molecular formula is C11H13N5OS. The van der Waals surface area contributed by atoms with Crippen LogP contribution in [0.2, 0.25) is 0 Å². The summed E-state index contributed by atoms with van der Waals surface area (Å²) in [6.07, 6.45) is 0. The van der Waals surface area contributed by atoms with Crippen molar-refractivity contribution in [2.45, 2.75) is 19.9 Å². The number of hydrogen-bond acceptors (Lipinski definition) is 6. The van der Waals surface area contributed by atoms with E-state index in [0.29, 0.717) is 5.82 Å². The molecule has 0 aromatic carbocycles. The van der Waals surface area contributed by atoms with Crippen molar-refractivity contribution in [3.63, 3.8) is 0 Å². The van der Waals surface area contributed by atoms with Crippen molar-refractivity contribution in [1.29, 1.82) is 0 Å². The molecule has 0 saturated carbocycles. The third-order valence-corrected chi connectivity index (χ3v) is 3.43. The minimum atomic E-state index is -0.586. The Balaban J connectivity index is 2.07. The summed E-state index contributed by atoms with van der Waals surface area (Å²) in [5.41, 5.74) is 6.24. The zero-order valence-corrected chi connectivity index (χ0v) is 10.9. The van der Waals surface area contributed by atoms with Gasteiger partial charge in [0.2, 0.25) is 0 Å². The second-order valence-corrected chi connectivity index (χ2v) is 4.75. The Morgan fingerprint density at radius 3 is 2.72 bits per heavy atom. The molecule has 1 unspecified atom stereocenters. The zero-order valence-electron chi connectivity index (χ0n) is 10.0. The lowest BCUT2D eigenvalue weighted by atomic mass is 10.3. The van der Waals surface area contributed by atoms with Crippen LogP contribution in [0, 0.1) is 6.92 Å². The summed E-state index contributed by atoms with van der Waals surface area (Å²) in [5.74, 6) is -0.00185. The predicted molar refractivity (Wildman–Crippen MR) is 69.4 cm³/mol. The van der Waals surface area contributed by atoms with E-state index in [0.717, 1.165) is 10.7 Å². The van der Waals surface area contributed by atoms with Gasteiger partial charge in [0.05, 0.1) is 6.04 Å². The quantitative estimate of drug-likeness (QED) is 0.872. The number of carbonyl (C=O) groups is 1. The molecule has 0 aliphatic rings. The largest absolute Gasteiger partial charge is 0.364 e. The van der Waals surface area contributed by atoms with Crippen molar-refractivity contribution in [3.05, 3.63) is 33.9 Å². The number of aryl methyl sites for hydroxylation is 1. The highest BCUT2D eigenvalue weighted by atomic mass is 32.1. The van der Waals surface area contributed by atoms with E-state index in [1.807, 2.05) is 19.2 Å². The van der Waals surface area contributed by atoms with Gasteiger partial charge in [-0.05, 0) is 26.0 Å². The van der Waals surface area contributed by atoms with Gasteiger partial charge in [0.25, 0.3) is 5.91 Å². The average Bonchev–Trinajstić information content (AvgIpc) is 2.76. The van der Waals surface area contributed by atoms with Crippen molar-refractivity contribution >= 4 is 23.1 Å². The van der Waals surface area contributed by atoms with Gasteiger partial charge < -0.3 is 11.1 Å². The first-order chi connectivity index (χ1) is 8.56. The number of nitrogens with two attached hydrogens (primary N) is 1. The molecule has 0 aliphatic carbocycles. The molecule has 0 aliphatic heterocycles. The van der Waals surface area contributed by atoms with Crippen molar-refractivity contribution in [3.8, 4) is 0 Å². The zero-order chi connectivity index (χ0) is 13.1. The number of anilines is 1. The minimum Gasteiger partial charge on any atom is -0.364 e. The third kappa shape index (κ3) is 2.80. The molecule has 0 radical (unpaired) electrons. The number of rotatable bonds is 4. The number of aromatic nitrogens is 3. The molecule has 0 saturated heterocycles. The summed E-state index contributed by atoms with van der Waals surface area (Å²) >= 11 is 1.59. The van der Waals surface area contributed by atoms with Crippen LogP contribution in [0.3, 0.4) is 0 Å². The van der Waals surface area contributed by atoms with E-state index >= 15 is 0 Å². The van der Waals surface area contributed by atoms with E-state index in [9.17, 15) is 4.79 Å². The van der Waals surface area contributed by atoms with Gasteiger partial charge in [-0.15, -0.1) is 21.5 Å². The van der Waals surface area contributed by atoms with Crippen LogP contribution in [0.5, 0.6) is 0 Å². The molecule has 2 aromatic heterocycles. The monoisotopic (exact) mass is 263 g/mol. The predicted octanol–water partition coefficient (Wildman–Crippen LogP) is 1.51. The van der Waals surface area contributed by atoms with E-state index in [-0.39, 0.29) is 11.7 Å². The van der Waals surface area contributed by atoms with Gasteiger partial charge in [0.1, 0.15) is 10.8 Å². The average molecular weight is 263 g/mol. The van der Waals surface area contributed by atoms with Crippen molar-refractivity contribution < 1.29 is 4.79 Å². The summed E-state index contributed by atoms with van der Waals surface area (Å²) in [4.78, 5) is 15.2. The van der Waals surface area contributed by atoms with Crippen LogP contribution in [0.4, 0.5) is 5.82 Å². The number of thiazole rings is 1. The normalized spacial score (nSPS) is 12.1. The summed E-state index contributed by atoms with van der Waals surface area (Å²) in [7, 11) is 0. The molecule has 7 heteroatoms. The number of nitrogens with zero attached hydrogens (tertiary/aromatic N) is 3. The summed E-state index contributed by atoms with van der Waals surface area (Å²) in [6, 6.07) is 3.25. The van der Waals surface area contributed by atoms with Crippen LogP contribution in [0.15, 0.2) is 17.5 Å². The fourth-order valence-corrected chi connectivity index (χ4v) is 2.20. The van der Waals surface area contributed by atoms with Crippen LogP contribution in [-0.4, -0.2) is 21.1 Å². The maximum Gasteiger partial charge on any atom is 0.269 e. The van der Waals surface area contributed by atoms with Crippen LogP contribution in [0.25, 0.3) is 0 Å². The highest BCUT2D eigenvalue weighted by molar-refractivity contribution is 7.09. The van der Waals surface area contributed by atoms with Gasteiger partial charge >= 0.3 is 0 Å². The van der Waals surface area contributed by atoms with Gasteiger partial charge in [-0.1, -0.05) is 0 Å². The van der Waals surface area contributed by atoms with Gasteiger partial charge in [-0.3, -0.25) is 4.79 Å². The van der Waals surface area contributed by atoms with E-state index < -0.39 is 5.91 Å². The number of hydrogen-bond donors (Lipinski definition) is 2. The molecule has 2 aromatic rings. The molecule has 94 valence electrons. The van der Waals surface area contributed by atoms with E-state index in [4.69, 9.17) is 5.73 Å². The molecular weight excluding hydrogens is 250 g/mol. The summed E-state index contributed by atoms with van der Waals surface area (Å²) in [6.45, 7) is 3.94. The Morgan fingerprint density at radius 1 is 1.44 bits per heavy atom. The van der Waals surface area contributed by atoms with Gasteiger partial charge in [0.15, 0.2) is 5.69 Å². The van der Waals surface area contributed by atoms with E-state index in [2.05, 4.69) is 20.5 Å². The molecule has 1 atom stereocenters. The fraction of sp³-hybridized carbons (Fsp3) is 0.273. The van der Waals surface area contributed by atoms with Crippen LogP contribution in [-0.2, 0) is 0 Å². The first-order valence-corrected chi connectivity index (χ1v) is 6.26. The third-order valence-electron chi connectivity index (χ3n) is 2.29. The minimum absolute atomic E-state index is 0.0393. The SMILES string of the molecule is Cc1csc(C(C)Nc2ccc(C(N)=O)nn2)n1. The lowest BCUT2D eigenvalue weighted by Gasteiger charge is -2.11. The lowest BCUT2D eigenvalue weighted by molar-refractivity contribution is 0.0994. The van der Waals surface area contributed by atoms with E-state index in [1.165, 1.54) is 6.07 Å². The molecule has 6 nitrogen and oxygen atoms in total. The first-order valence-electron chi connectivity index (χ1n) is 5.38.